The van der Waals surface area contributed by atoms with Gasteiger partial charge in [-0.25, -0.2) is 0 Å². The maximum absolute atomic E-state index is 13.1. The van der Waals surface area contributed by atoms with Gasteiger partial charge in [0.05, 0.1) is 6.04 Å². The lowest BCUT2D eigenvalue weighted by Crippen LogP contribution is -2.35. The van der Waals surface area contributed by atoms with Crippen LogP contribution in [0.5, 0.6) is 11.5 Å². The van der Waals surface area contributed by atoms with Crippen molar-refractivity contribution in [2.45, 2.75) is 70.9 Å². The zero-order valence-electron chi connectivity index (χ0n) is 23.1. The first-order valence-corrected chi connectivity index (χ1v) is 14.3. The van der Waals surface area contributed by atoms with E-state index < -0.39 is 10.7 Å². The number of nitrogens with one attached hydrogen (secondary N) is 4. The predicted octanol–water partition coefficient (Wildman–Crippen LogP) is 5.94. The van der Waals surface area contributed by atoms with E-state index in [1.807, 2.05) is 54.0 Å². The zero-order valence-corrected chi connectivity index (χ0v) is 24.0. The second-order valence-corrected chi connectivity index (χ2v) is 13.5. The lowest BCUT2D eigenvalue weighted by Gasteiger charge is -2.28. The van der Waals surface area contributed by atoms with Crippen LogP contribution in [0, 0.1) is 4.78 Å². The first-order valence-electron chi connectivity index (χ1n) is 13.1. The number of anilines is 2. The van der Waals surface area contributed by atoms with E-state index in [9.17, 15) is 9.90 Å². The molecule has 0 bridgehead atoms. The minimum atomic E-state index is -0.532. The van der Waals surface area contributed by atoms with E-state index in [0.717, 1.165) is 27.5 Å². The number of carbonyl (C=O) groups excluding carboxylic acids is 1. The number of phenols is 1. The molecule has 4 rings (SSSR count). The van der Waals surface area contributed by atoms with E-state index in [1.54, 1.807) is 0 Å². The van der Waals surface area contributed by atoms with Gasteiger partial charge in [0.2, 0.25) is 5.91 Å². The van der Waals surface area contributed by atoms with Crippen molar-refractivity contribution >= 4 is 28.0 Å². The first kappa shape index (κ1) is 27.9. The average molecular weight is 537 g/mol. The molecule has 2 aromatic rings. The summed E-state index contributed by atoms with van der Waals surface area (Å²) in [6.45, 7) is 13.6. The molecule has 8 heteroatoms. The molecule has 1 amide bonds. The van der Waals surface area contributed by atoms with Gasteiger partial charge in [0, 0.05) is 46.9 Å². The molecule has 0 aromatic heterocycles. The molecular formula is C30H40N4O3S. The van der Waals surface area contributed by atoms with Gasteiger partial charge in [0.1, 0.15) is 17.6 Å². The van der Waals surface area contributed by atoms with E-state index in [2.05, 4.69) is 57.5 Å². The normalized spacial score (nSPS) is 21.3. The van der Waals surface area contributed by atoms with Crippen LogP contribution in [0.1, 0.15) is 59.1 Å². The lowest BCUT2D eigenvalue weighted by molar-refractivity contribution is -0.117. The molecule has 3 atom stereocenters. The van der Waals surface area contributed by atoms with Crippen molar-refractivity contribution in [2.24, 2.45) is 0 Å². The Hall–Kier alpha value is -3.10. The van der Waals surface area contributed by atoms with Crippen molar-refractivity contribution in [3.05, 3.63) is 70.0 Å². The molecule has 0 saturated carbocycles. The number of hydrogen-bond acceptors (Lipinski definition) is 6. The number of allylic oxidation sites excluding steroid dienone is 2. The molecule has 204 valence electrons. The molecule has 1 unspecified atom stereocenters. The average Bonchev–Trinajstić information content (AvgIpc) is 3.47. The number of aromatic hydroxyl groups is 1. The SMILES string of the molecule is CC(C)(C)c1cc(NC(=O)[C@H]2C[C@H](Oc3ccc(NCC4=CC=CS4=N)cc3)CN2)cc(C(C)(C)C)c1O. The fourth-order valence-electron chi connectivity index (χ4n) is 4.63. The highest BCUT2D eigenvalue weighted by Gasteiger charge is 2.32. The summed E-state index contributed by atoms with van der Waals surface area (Å²) >= 11 is 0. The summed E-state index contributed by atoms with van der Waals surface area (Å²) < 4.78 is 14.1. The topological polar surface area (TPSA) is 106 Å². The summed E-state index contributed by atoms with van der Waals surface area (Å²) in [5.41, 5.74) is 2.76. The van der Waals surface area contributed by atoms with Gasteiger partial charge in [0.25, 0.3) is 0 Å². The zero-order chi connectivity index (χ0) is 27.7. The van der Waals surface area contributed by atoms with Crippen LogP contribution in [0.2, 0.25) is 0 Å². The summed E-state index contributed by atoms with van der Waals surface area (Å²) in [6, 6.07) is 11.2. The Morgan fingerprint density at radius 2 is 1.71 bits per heavy atom. The molecule has 7 nitrogen and oxygen atoms in total. The van der Waals surface area contributed by atoms with Crippen LogP contribution in [-0.4, -0.2) is 36.2 Å². The third kappa shape index (κ3) is 6.66. The number of rotatable bonds is 7. The quantitative estimate of drug-likeness (QED) is 0.282. The van der Waals surface area contributed by atoms with Gasteiger partial charge >= 0.3 is 0 Å². The van der Waals surface area contributed by atoms with Crippen LogP contribution in [0.15, 0.2) is 58.9 Å². The van der Waals surface area contributed by atoms with Gasteiger partial charge in [-0.3, -0.25) is 9.57 Å². The minimum absolute atomic E-state index is 0.106. The highest BCUT2D eigenvalue weighted by Crippen LogP contribution is 2.41. The molecule has 38 heavy (non-hydrogen) atoms. The van der Waals surface area contributed by atoms with E-state index in [1.165, 1.54) is 0 Å². The number of hydrogen-bond donors (Lipinski definition) is 5. The number of phenolic OH excluding ortho intramolecular Hbond substituents is 1. The van der Waals surface area contributed by atoms with Gasteiger partial charge < -0.3 is 25.8 Å². The van der Waals surface area contributed by atoms with Crippen LogP contribution in [-0.2, 0) is 26.3 Å². The summed E-state index contributed by atoms with van der Waals surface area (Å²) in [6.07, 6.45) is 4.38. The Kier molecular flexibility index (Phi) is 8.04. The van der Waals surface area contributed by atoms with Crippen molar-refractivity contribution in [3.8, 4) is 11.5 Å². The monoisotopic (exact) mass is 536 g/mol. The second-order valence-electron chi connectivity index (χ2n) is 12.0. The fraction of sp³-hybridized carbons (Fsp3) is 0.433. The van der Waals surface area contributed by atoms with E-state index in [0.29, 0.717) is 30.9 Å². The molecule has 0 aliphatic carbocycles. The minimum Gasteiger partial charge on any atom is -0.507 e. The maximum Gasteiger partial charge on any atom is 0.241 e. The van der Waals surface area contributed by atoms with Crippen molar-refractivity contribution in [3.63, 3.8) is 0 Å². The molecule has 2 aliphatic rings. The van der Waals surface area contributed by atoms with Crippen molar-refractivity contribution < 1.29 is 14.6 Å². The molecule has 1 fully saturated rings. The van der Waals surface area contributed by atoms with E-state index in [-0.39, 0.29) is 28.9 Å². The van der Waals surface area contributed by atoms with Gasteiger partial charge in [0.15, 0.2) is 0 Å². The Labute approximate surface area is 228 Å². The Morgan fingerprint density at radius 3 is 2.26 bits per heavy atom. The van der Waals surface area contributed by atoms with Crippen LogP contribution in [0.4, 0.5) is 11.4 Å². The van der Waals surface area contributed by atoms with Gasteiger partial charge in [-0.2, -0.15) is 0 Å². The van der Waals surface area contributed by atoms with Crippen LogP contribution in [0.25, 0.3) is 0 Å². The van der Waals surface area contributed by atoms with Gasteiger partial charge in [-0.15, -0.1) is 0 Å². The van der Waals surface area contributed by atoms with Crippen LogP contribution in [0.3, 0.4) is 0 Å². The lowest BCUT2D eigenvalue weighted by atomic mass is 9.79. The van der Waals surface area contributed by atoms with E-state index in [4.69, 9.17) is 9.52 Å². The molecule has 0 spiro atoms. The molecule has 2 heterocycles. The molecule has 2 aromatic carbocycles. The van der Waals surface area contributed by atoms with Gasteiger partial charge in [-0.1, -0.05) is 58.3 Å². The van der Waals surface area contributed by atoms with Crippen molar-refractivity contribution in [2.75, 3.05) is 23.7 Å². The second kappa shape index (κ2) is 10.9. The predicted molar refractivity (Wildman–Crippen MR) is 157 cm³/mol. The Bertz CT molecular complexity index is 1230. The molecule has 0 radical (unpaired) electrons. The summed E-state index contributed by atoms with van der Waals surface area (Å²) in [7, 11) is -0.532. The maximum atomic E-state index is 13.1. The fourth-order valence-corrected chi connectivity index (χ4v) is 5.49. The number of benzene rings is 2. The molecular weight excluding hydrogens is 496 g/mol. The van der Waals surface area contributed by atoms with Crippen LogP contribution < -0.4 is 20.7 Å². The van der Waals surface area contributed by atoms with Crippen LogP contribution >= 0.6 is 0 Å². The number of carbonyl (C=O) groups is 1. The van der Waals surface area contributed by atoms with Crippen molar-refractivity contribution in [1.82, 2.24) is 5.32 Å². The summed E-state index contributed by atoms with van der Waals surface area (Å²) in [5.74, 6) is 0.948. The third-order valence-corrected chi connectivity index (χ3v) is 8.08. The number of ether oxygens (including phenoxy) is 1. The smallest absolute Gasteiger partial charge is 0.241 e. The number of amides is 1. The third-order valence-electron chi connectivity index (χ3n) is 6.80. The molecule has 2 aliphatic heterocycles. The first-order chi connectivity index (χ1) is 17.8. The largest absolute Gasteiger partial charge is 0.507 e. The highest BCUT2D eigenvalue weighted by molar-refractivity contribution is 7.93. The molecule has 5 N–H and O–H groups in total. The standard InChI is InChI=1S/C30H40N4O3S/c1-29(2,3)24-14-20(15-25(27(24)35)30(4,5)6)34-28(36)26-16-22(17-33-26)37-21-11-9-19(10-12-21)32-18-23-8-7-13-38(23)31/h7-15,22,26,31-33,35H,16-18H2,1-6H3,(H,34,36)/t22-,26+,38?/m0/s1. The Morgan fingerprint density at radius 1 is 1.08 bits per heavy atom. The summed E-state index contributed by atoms with van der Waals surface area (Å²) in [5, 5.41) is 22.6. The summed E-state index contributed by atoms with van der Waals surface area (Å²) in [4.78, 5) is 14.2. The van der Waals surface area contributed by atoms with E-state index >= 15 is 0 Å². The molecule has 1 saturated heterocycles. The Balaban J connectivity index is 1.35. The van der Waals surface area contributed by atoms with Crippen molar-refractivity contribution in [1.29, 1.82) is 4.78 Å². The van der Waals surface area contributed by atoms with Gasteiger partial charge in [-0.05, 0) is 58.7 Å². The highest BCUT2D eigenvalue weighted by atomic mass is 32.2.